The minimum absolute atomic E-state index is 0.390. The highest BCUT2D eigenvalue weighted by Crippen LogP contribution is 2.21. The van der Waals surface area contributed by atoms with Crippen LogP contribution in [0.3, 0.4) is 0 Å². The first-order valence-electron chi connectivity index (χ1n) is 6.55. The molecule has 0 radical (unpaired) electrons. The van der Waals surface area contributed by atoms with E-state index in [1.165, 1.54) is 27.4 Å². The SMILES string of the molecule is O=C1N[N+](=c2sc3ccccc3s2)C(=O)N1c1ccccc1. The molecule has 0 bridgehead atoms. The molecule has 1 aliphatic heterocycles. The van der Waals surface area contributed by atoms with Crippen molar-refractivity contribution in [2.75, 3.05) is 4.90 Å². The van der Waals surface area contributed by atoms with E-state index in [0.29, 0.717) is 5.69 Å². The summed E-state index contributed by atoms with van der Waals surface area (Å²) in [6.45, 7) is 0. The second kappa shape index (κ2) is 5.04. The van der Waals surface area contributed by atoms with Crippen LogP contribution in [-0.2, 0) is 0 Å². The summed E-state index contributed by atoms with van der Waals surface area (Å²) in [7, 11) is 0. The molecule has 0 atom stereocenters. The number of nitrogens with zero attached hydrogens (tertiary/aromatic N) is 2. The van der Waals surface area contributed by atoms with Crippen molar-refractivity contribution in [2.24, 2.45) is 0 Å². The fourth-order valence-corrected chi connectivity index (χ4v) is 4.62. The zero-order valence-corrected chi connectivity index (χ0v) is 12.9. The standard InChI is InChI=1S/C15H9N3O2S2/c19-13-16-18(14(20)17(13)10-6-2-1-3-7-10)15-21-11-8-4-5-9-12(11)22-15/h1-9H/p+1. The maximum absolute atomic E-state index is 12.6. The lowest BCUT2D eigenvalue weighted by Crippen LogP contribution is -2.37. The normalized spacial score (nSPS) is 14.7. The van der Waals surface area contributed by atoms with Gasteiger partial charge in [0.15, 0.2) is 0 Å². The van der Waals surface area contributed by atoms with E-state index < -0.39 is 6.03 Å². The molecule has 2 aromatic carbocycles. The summed E-state index contributed by atoms with van der Waals surface area (Å²) < 4.78 is 4.22. The van der Waals surface area contributed by atoms with E-state index in [0.717, 1.165) is 18.3 Å². The molecule has 5 nitrogen and oxygen atoms in total. The van der Waals surface area contributed by atoms with Crippen LogP contribution in [0.4, 0.5) is 15.3 Å². The van der Waals surface area contributed by atoms with Gasteiger partial charge in [-0.15, -0.1) is 10.3 Å². The van der Waals surface area contributed by atoms with Gasteiger partial charge < -0.3 is 0 Å². The number of imide groups is 1. The predicted molar refractivity (Wildman–Crippen MR) is 87.8 cm³/mol. The van der Waals surface area contributed by atoms with Gasteiger partial charge in [-0.25, -0.2) is 4.79 Å². The van der Waals surface area contributed by atoms with Crippen LogP contribution in [0.5, 0.6) is 0 Å². The second-order valence-corrected chi connectivity index (χ2v) is 6.94. The summed E-state index contributed by atoms with van der Waals surface area (Å²) in [4.78, 5) is 25.9. The topological polar surface area (TPSA) is 52.4 Å². The maximum Gasteiger partial charge on any atom is 0.533 e. The van der Waals surface area contributed by atoms with Crippen LogP contribution in [0.2, 0.25) is 0 Å². The summed E-state index contributed by atoms with van der Waals surface area (Å²) in [5.74, 6) is 0. The predicted octanol–water partition coefficient (Wildman–Crippen LogP) is 3.00. The molecule has 3 aromatic rings. The third kappa shape index (κ3) is 2.02. The van der Waals surface area contributed by atoms with E-state index in [2.05, 4.69) is 5.43 Å². The van der Waals surface area contributed by atoms with Gasteiger partial charge in [0.05, 0.1) is 0 Å². The van der Waals surface area contributed by atoms with Crippen LogP contribution in [0.1, 0.15) is 0 Å². The maximum atomic E-state index is 12.6. The number of carbonyl (C=O) groups is 2. The van der Waals surface area contributed by atoms with Crippen LogP contribution in [0.15, 0.2) is 54.6 Å². The first-order chi connectivity index (χ1) is 10.7. The van der Waals surface area contributed by atoms with Gasteiger partial charge in [-0.2, -0.15) is 4.79 Å². The zero-order chi connectivity index (χ0) is 15.1. The number of carbonyl (C=O) groups excluding carboxylic acids is 2. The number of rotatable bonds is 1. The van der Waals surface area contributed by atoms with Gasteiger partial charge in [0.1, 0.15) is 5.69 Å². The van der Waals surface area contributed by atoms with Crippen LogP contribution in [0, 0.1) is 0 Å². The van der Waals surface area contributed by atoms with Gasteiger partial charge >= 0.3 is 12.1 Å². The molecule has 22 heavy (non-hydrogen) atoms. The molecule has 4 amide bonds. The number of hydrogen-bond donors (Lipinski definition) is 1. The average molecular weight is 328 g/mol. The quantitative estimate of drug-likeness (QED) is 0.698. The van der Waals surface area contributed by atoms with E-state index in [9.17, 15) is 9.59 Å². The number of anilines is 1. The van der Waals surface area contributed by atoms with Gasteiger partial charge in [-0.05, 0) is 24.3 Å². The Morgan fingerprint density at radius 2 is 1.45 bits per heavy atom. The third-order valence-corrected chi connectivity index (χ3v) is 5.73. The van der Waals surface area contributed by atoms with Crippen molar-refractivity contribution in [1.82, 2.24) is 10.1 Å². The van der Waals surface area contributed by atoms with Crippen LogP contribution < -0.4 is 19.0 Å². The minimum Gasteiger partial charge on any atom is -0.216 e. The van der Waals surface area contributed by atoms with Crippen LogP contribution in [0.25, 0.3) is 9.40 Å². The Hall–Kier alpha value is -2.51. The Kier molecular flexibility index (Phi) is 3.02. The molecule has 0 unspecified atom stereocenters. The molecule has 1 fully saturated rings. The number of urea groups is 2. The van der Waals surface area contributed by atoms with Crippen molar-refractivity contribution < 1.29 is 9.59 Å². The van der Waals surface area contributed by atoms with Crippen LogP contribution >= 0.6 is 22.7 Å². The molecular formula is C15H10N3O2S2+. The first kappa shape index (κ1) is 13.2. The van der Waals surface area contributed by atoms with E-state index in [-0.39, 0.29) is 6.03 Å². The van der Waals surface area contributed by atoms with Gasteiger partial charge in [-0.3, -0.25) is 0 Å². The highest BCUT2D eigenvalue weighted by Gasteiger charge is 2.45. The summed E-state index contributed by atoms with van der Waals surface area (Å²) in [5.41, 5.74) is 3.18. The number of hydrogen-bond acceptors (Lipinski definition) is 4. The molecule has 2 heterocycles. The van der Waals surface area contributed by atoms with Crippen LogP contribution in [-0.4, -0.2) is 12.1 Å². The van der Waals surface area contributed by atoms with Gasteiger partial charge in [0, 0.05) is 9.40 Å². The Morgan fingerprint density at radius 1 is 0.864 bits per heavy atom. The number of nitrogens with one attached hydrogen (secondary N) is 1. The number of amides is 4. The van der Waals surface area contributed by atoms with Gasteiger partial charge in [-0.1, -0.05) is 57.7 Å². The fourth-order valence-electron chi connectivity index (χ4n) is 2.23. The van der Waals surface area contributed by atoms with Crippen molar-refractivity contribution in [3.63, 3.8) is 0 Å². The molecule has 1 aromatic heterocycles. The van der Waals surface area contributed by atoms with Crippen molar-refractivity contribution in [3.8, 4) is 0 Å². The number of hydrazine groups is 1. The minimum atomic E-state index is -0.444. The molecule has 0 saturated carbocycles. The molecule has 108 valence electrons. The number of benzene rings is 2. The molecule has 1 saturated heterocycles. The second-order valence-electron chi connectivity index (χ2n) is 4.62. The Labute approximate surface area is 133 Å². The van der Waals surface area contributed by atoms with E-state index >= 15 is 0 Å². The van der Waals surface area contributed by atoms with E-state index in [4.69, 9.17) is 0 Å². The van der Waals surface area contributed by atoms with Crippen molar-refractivity contribution >= 4 is 49.8 Å². The first-order valence-corrected chi connectivity index (χ1v) is 8.19. The number of fused-ring (bicyclic) bond motifs is 1. The van der Waals surface area contributed by atoms with E-state index in [1.807, 2.05) is 30.3 Å². The molecule has 7 heteroatoms. The van der Waals surface area contributed by atoms with Crippen molar-refractivity contribution in [3.05, 3.63) is 58.6 Å². The average Bonchev–Trinajstić information content (AvgIpc) is 3.09. The lowest BCUT2D eigenvalue weighted by Gasteiger charge is -2.00. The summed E-state index contributed by atoms with van der Waals surface area (Å²) >= 11 is 2.96. The highest BCUT2D eigenvalue weighted by molar-refractivity contribution is 7.35. The third-order valence-electron chi connectivity index (χ3n) is 3.23. The Balaban J connectivity index is 1.86. The molecular weight excluding hydrogens is 318 g/mol. The highest BCUT2D eigenvalue weighted by atomic mass is 32.2. The van der Waals surface area contributed by atoms with E-state index in [1.54, 1.807) is 24.3 Å². The molecule has 0 spiro atoms. The summed E-state index contributed by atoms with van der Waals surface area (Å²) in [6, 6.07) is 16.0. The molecule has 4 rings (SSSR count). The van der Waals surface area contributed by atoms with Gasteiger partial charge in [0.2, 0.25) is 0 Å². The molecule has 1 aliphatic rings. The largest absolute Gasteiger partial charge is 0.533 e. The monoisotopic (exact) mass is 328 g/mol. The summed E-state index contributed by atoms with van der Waals surface area (Å²) in [6.07, 6.45) is 0. The Bertz CT molecular complexity index is 923. The Morgan fingerprint density at radius 3 is 2.09 bits per heavy atom. The summed E-state index contributed by atoms with van der Waals surface area (Å²) in [5, 5.41) is 0. The van der Waals surface area contributed by atoms with Crippen molar-refractivity contribution in [1.29, 1.82) is 0 Å². The molecule has 1 N–H and O–H groups in total. The lowest BCUT2D eigenvalue weighted by molar-refractivity contribution is 0.245. The van der Waals surface area contributed by atoms with Gasteiger partial charge in [0.25, 0.3) is 3.98 Å². The lowest BCUT2D eigenvalue weighted by atomic mass is 10.3. The van der Waals surface area contributed by atoms with Crippen molar-refractivity contribution in [2.45, 2.75) is 0 Å². The fraction of sp³-hybridized carbons (Fsp3) is 0. The smallest absolute Gasteiger partial charge is 0.216 e. The zero-order valence-electron chi connectivity index (χ0n) is 11.2. The number of para-hydroxylation sites is 1. The molecule has 0 aliphatic carbocycles.